The monoisotopic (exact) mass is 454 g/mol. The number of aromatic nitrogens is 4. The first-order valence-corrected chi connectivity index (χ1v) is 10.7. The largest absolute Gasteiger partial charge is 0.506 e. The van der Waals surface area contributed by atoms with E-state index in [4.69, 9.17) is 17.3 Å². The van der Waals surface area contributed by atoms with Crippen LogP contribution in [0.5, 0.6) is 5.75 Å². The van der Waals surface area contributed by atoms with Gasteiger partial charge < -0.3 is 15.7 Å². The third-order valence-corrected chi connectivity index (χ3v) is 5.85. The van der Waals surface area contributed by atoms with Crippen molar-refractivity contribution in [1.82, 2.24) is 24.6 Å². The van der Waals surface area contributed by atoms with Crippen molar-refractivity contribution in [2.45, 2.75) is 13.1 Å². The van der Waals surface area contributed by atoms with Gasteiger partial charge in [0.1, 0.15) is 23.6 Å². The molecule has 0 spiro atoms. The van der Waals surface area contributed by atoms with Gasteiger partial charge in [0.15, 0.2) is 5.65 Å². The highest BCUT2D eigenvalue weighted by Crippen LogP contribution is 2.34. The van der Waals surface area contributed by atoms with Crippen molar-refractivity contribution in [3.63, 3.8) is 0 Å². The SMILES string of the molecule is C=CC(=O)N(CCn1nc(-c2ccc(Cl)c(O)c2)c2c(N)ncnc21)Cc1ccsc1. The molecule has 0 radical (unpaired) electrons. The zero-order chi connectivity index (χ0) is 22.0. The first kappa shape index (κ1) is 20.8. The first-order chi connectivity index (χ1) is 15.0. The summed E-state index contributed by atoms with van der Waals surface area (Å²) in [5, 5.41) is 19.5. The zero-order valence-electron chi connectivity index (χ0n) is 16.4. The predicted octanol–water partition coefficient (Wildman–Crippen LogP) is 3.71. The number of carbonyl (C=O) groups excluding carboxylic acids is 1. The highest BCUT2D eigenvalue weighted by Gasteiger charge is 2.19. The van der Waals surface area contributed by atoms with Crippen LogP contribution < -0.4 is 5.73 Å². The number of benzene rings is 1. The number of halogens is 1. The molecular weight excluding hydrogens is 436 g/mol. The lowest BCUT2D eigenvalue weighted by molar-refractivity contribution is -0.126. The van der Waals surface area contributed by atoms with E-state index in [-0.39, 0.29) is 22.5 Å². The number of phenolic OH excluding ortho intramolecular Hbond substituents is 1. The lowest BCUT2D eigenvalue weighted by atomic mass is 10.1. The average molecular weight is 455 g/mol. The maximum Gasteiger partial charge on any atom is 0.246 e. The molecule has 0 unspecified atom stereocenters. The molecule has 0 atom stereocenters. The van der Waals surface area contributed by atoms with Crippen LogP contribution in [0.3, 0.4) is 0 Å². The fraction of sp³-hybridized carbons (Fsp3) is 0.143. The molecular formula is C21H19ClN6O2S. The second-order valence-corrected chi connectivity index (χ2v) is 7.98. The smallest absolute Gasteiger partial charge is 0.246 e. The molecule has 0 saturated heterocycles. The molecule has 0 saturated carbocycles. The van der Waals surface area contributed by atoms with E-state index in [9.17, 15) is 9.90 Å². The van der Waals surface area contributed by atoms with Gasteiger partial charge in [-0.3, -0.25) is 4.79 Å². The summed E-state index contributed by atoms with van der Waals surface area (Å²) >= 11 is 7.52. The van der Waals surface area contributed by atoms with E-state index in [0.29, 0.717) is 41.9 Å². The van der Waals surface area contributed by atoms with Gasteiger partial charge in [-0.25, -0.2) is 14.6 Å². The van der Waals surface area contributed by atoms with Gasteiger partial charge in [0.25, 0.3) is 0 Å². The van der Waals surface area contributed by atoms with Crippen LogP contribution in [0.15, 0.2) is 54.0 Å². The molecule has 0 aliphatic rings. The highest BCUT2D eigenvalue weighted by atomic mass is 35.5. The number of nitrogen functional groups attached to an aromatic ring is 1. The Labute approximate surface area is 187 Å². The number of hydrogen-bond donors (Lipinski definition) is 2. The third kappa shape index (κ3) is 4.23. The van der Waals surface area contributed by atoms with Crippen molar-refractivity contribution in [2.24, 2.45) is 0 Å². The number of anilines is 1. The normalized spacial score (nSPS) is 11.0. The Hall–Kier alpha value is -3.43. The Morgan fingerprint density at radius 2 is 2.19 bits per heavy atom. The molecule has 4 rings (SSSR count). The third-order valence-electron chi connectivity index (χ3n) is 4.80. The Balaban J connectivity index is 1.69. The second kappa shape index (κ2) is 8.75. The number of phenols is 1. The van der Waals surface area contributed by atoms with Crippen molar-refractivity contribution < 1.29 is 9.90 Å². The van der Waals surface area contributed by atoms with Crippen LogP contribution in [0.4, 0.5) is 5.82 Å². The van der Waals surface area contributed by atoms with E-state index >= 15 is 0 Å². The maximum atomic E-state index is 12.4. The van der Waals surface area contributed by atoms with Crippen LogP contribution in [-0.4, -0.2) is 42.2 Å². The molecule has 3 N–H and O–H groups in total. The van der Waals surface area contributed by atoms with Crippen molar-refractivity contribution in [3.8, 4) is 17.0 Å². The summed E-state index contributed by atoms with van der Waals surface area (Å²) in [6.07, 6.45) is 2.67. The van der Waals surface area contributed by atoms with Crippen LogP contribution >= 0.6 is 22.9 Å². The minimum Gasteiger partial charge on any atom is -0.506 e. The number of amides is 1. The number of aromatic hydroxyl groups is 1. The molecule has 10 heteroatoms. The quantitative estimate of drug-likeness (QED) is 0.412. The van der Waals surface area contributed by atoms with Gasteiger partial charge in [0.2, 0.25) is 5.91 Å². The summed E-state index contributed by atoms with van der Waals surface area (Å²) in [5.74, 6) is 0.0495. The summed E-state index contributed by atoms with van der Waals surface area (Å²) in [4.78, 5) is 22.5. The molecule has 3 heterocycles. The topological polar surface area (TPSA) is 110 Å². The summed E-state index contributed by atoms with van der Waals surface area (Å²) in [5.41, 5.74) is 8.87. The van der Waals surface area contributed by atoms with Crippen LogP contribution in [-0.2, 0) is 17.9 Å². The Morgan fingerprint density at radius 3 is 2.90 bits per heavy atom. The van der Waals surface area contributed by atoms with Crippen LogP contribution in [0, 0.1) is 0 Å². The van der Waals surface area contributed by atoms with Gasteiger partial charge in [-0.1, -0.05) is 24.2 Å². The van der Waals surface area contributed by atoms with Gasteiger partial charge in [-0.05, 0) is 40.6 Å². The lowest BCUT2D eigenvalue weighted by Crippen LogP contribution is -2.32. The van der Waals surface area contributed by atoms with Crippen LogP contribution in [0.2, 0.25) is 5.02 Å². The second-order valence-electron chi connectivity index (χ2n) is 6.79. The summed E-state index contributed by atoms with van der Waals surface area (Å²) in [6, 6.07) is 6.83. The van der Waals surface area contributed by atoms with E-state index in [1.54, 1.807) is 33.1 Å². The molecule has 1 aromatic carbocycles. The minimum atomic E-state index is -0.167. The van der Waals surface area contributed by atoms with Crippen LogP contribution in [0.1, 0.15) is 5.56 Å². The van der Waals surface area contributed by atoms with Gasteiger partial charge in [0, 0.05) is 18.7 Å². The van der Waals surface area contributed by atoms with Crippen molar-refractivity contribution in [2.75, 3.05) is 12.3 Å². The fourth-order valence-corrected chi connectivity index (χ4v) is 4.04. The van der Waals surface area contributed by atoms with E-state index in [1.807, 2.05) is 16.8 Å². The Morgan fingerprint density at radius 1 is 1.35 bits per heavy atom. The van der Waals surface area contributed by atoms with Gasteiger partial charge >= 0.3 is 0 Å². The molecule has 0 aliphatic heterocycles. The van der Waals surface area contributed by atoms with Gasteiger partial charge in [0.05, 0.1) is 17.0 Å². The number of rotatable bonds is 7. The average Bonchev–Trinajstić information content (AvgIpc) is 3.41. The number of carbonyl (C=O) groups is 1. The van der Waals surface area contributed by atoms with Crippen molar-refractivity contribution >= 4 is 45.7 Å². The molecule has 0 bridgehead atoms. The summed E-state index contributed by atoms with van der Waals surface area (Å²) in [7, 11) is 0. The minimum absolute atomic E-state index is 0.0594. The predicted molar refractivity (Wildman–Crippen MR) is 122 cm³/mol. The van der Waals surface area contributed by atoms with E-state index in [0.717, 1.165) is 5.56 Å². The van der Waals surface area contributed by atoms with Gasteiger partial charge in [-0.2, -0.15) is 16.4 Å². The van der Waals surface area contributed by atoms with E-state index < -0.39 is 0 Å². The highest BCUT2D eigenvalue weighted by molar-refractivity contribution is 7.07. The maximum absolute atomic E-state index is 12.4. The lowest BCUT2D eigenvalue weighted by Gasteiger charge is -2.20. The fourth-order valence-electron chi connectivity index (χ4n) is 3.26. The first-order valence-electron chi connectivity index (χ1n) is 9.36. The van der Waals surface area contributed by atoms with Crippen LogP contribution in [0.25, 0.3) is 22.3 Å². The molecule has 0 aliphatic carbocycles. The number of nitrogens with zero attached hydrogens (tertiary/aromatic N) is 5. The molecule has 31 heavy (non-hydrogen) atoms. The molecule has 0 fully saturated rings. The molecule has 1 amide bonds. The molecule has 158 valence electrons. The van der Waals surface area contributed by atoms with Gasteiger partial charge in [-0.15, -0.1) is 0 Å². The number of nitrogens with two attached hydrogens (primary N) is 1. The van der Waals surface area contributed by atoms with Crippen molar-refractivity contribution in [3.05, 3.63) is 64.6 Å². The molecule has 3 aromatic heterocycles. The van der Waals surface area contributed by atoms with E-state index in [2.05, 4.69) is 21.6 Å². The molecule has 8 nitrogen and oxygen atoms in total. The summed E-state index contributed by atoms with van der Waals surface area (Å²) < 4.78 is 1.69. The Kier molecular flexibility index (Phi) is 5.88. The number of hydrogen-bond acceptors (Lipinski definition) is 7. The number of thiophene rings is 1. The zero-order valence-corrected chi connectivity index (χ0v) is 18.0. The standard InChI is InChI=1S/C21H19ClN6O2S/c1-2-17(30)27(10-13-5-8-31-11-13)6-7-28-21-18(20(23)24-12-25-21)19(26-28)14-3-4-15(22)16(29)9-14/h2-5,8-9,11-12,29H,1,6-7,10H2,(H2,23,24,25). The van der Waals surface area contributed by atoms with E-state index in [1.165, 1.54) is 18.5 Å². The Bertz CT molecular complexity index is 1250. The van der Waals surface area contributed by atoms with Crippen molar-refractivity contribution in [1.29, 1.82) is 0 Å². The molecule has 4 aromatic rings. The summed E-state index contributed by atoms with van der Waals surface area (Å²) in [6.45, 7) is 4.86. The number of fused-ring (bicyclic) bond motifs is 1.